The van der Waals surface area contributed by atoms with Gasteiger partial charge in [0.1, 0.15) is 17.0 Å². The molecule has 2 aromatic heterocycles. The molecule has 4 aromatic rings. The Hall–Kier alpha value is -3.54. The number of fused-ring (bicyclic) bond motifs is 3. The highest BCUT2D eigenvalue weighted by atomic mass is 16.5. The number of methoxy groups -OCH3 is 1. The van der Waals surface area contributed by atoms with Crippen molar-refractivity contribution in [3.05, 3.63) is 70.2 Å². The quantitative estimate of drug-likeness (QED) is 0.486. The Morgan fingerprint density at radius 2 is 1.90 bits per heavy atom. The van der Waals surface area contributed by atoms with Gasteiger partial charge in [0.2, 0.25) is 0 Å². The van der Waals surface area contributed by atoms with Crippen LogP contribution in [0.5, 0.6) is 5.75 Å². The third-order valence-corrected chi connectivity index (χ3v) is 5.20. The third kappa shape index (κ3) is 2.97. The number of para-hydroxylation sites is 1. The van der Waals surface area contributed by atoms with Crippen molar-refractivity contribution in [2.75, 3.05) is 19.1 Å². The van der Waals surface area contributed by atoms with Gasteiger partial charge in [-0.15, -0.1) is 0 Å². The average molecular weight is 390 g/mol. The Labute approximate surface area is 167 Å². The number of amides is 1. The Morgan fingerprint density at radius 3 is 2.62 bits per heavy atom. The maximum absolute atomic E-state index is 13.4. The van der Waals surface area contributed by atoms with E-state index in [0.717, 1.165) is 10.9 Å². The van der Waals surface area contributed by atoms with Gasteiger partial charge in [0.25, 0.3) is 5.91 Å². The minimum atomic E-state index is -0.448. The van der Waals surface area contributed by atoms with Crippen LogP contribution in [0.1, 0.15) is 23.0 Å². The molecule has 0 aliphatic rings. The van der Waals surface area contributed by atoms with Crippen molar-refractivity contribution < 1.29 is 13.9 Å². The number of ether oxygens (including phenoxy) is 1. The van der Waals surface area contributed by atoms with Crippen molar-refractivity contribution >= 4 is 33.5 Å². The second kappa shape index (κ2) is 7.13. The first-order chi connectivity index (χ1) is 14.0. The van der Waals surface area contributed by atoms with E-state index in [2.05, 4.69) is 0 Å². The topological polar surface area (TPSA) is 64.7 Å². The number of hydrogen-bond donors (Lipinski definition) is 0. The second-order valence-corrected chi connectivity index (χ2v) is 6.96. The van der Waals surface area contributed by atoms with Gasteiger partial charge in [0.05, 0.1) is 23.7 Å². The van der Waals surface area contributed by atoms with Crippen LogP contribution in [0.3, 0.4) is 0 Å². The summed E-state index contributed by atoms with van der Waals surface area (Å²) < 4.78 is 12.8. The van der Waals surface area contributed by atoms with Crippen molar-refractivity contribution in [1.29, 1.82) is 0 Å². The van der Waals surface area contributed by atoms with Crippen molar-refractivity contribution in [2.45, 2.75) is 20.4 Å². The zero-order chi connectivity index (χ0) is 20.7. The fraction of sp³-hybridized carbons (Fsp3) is 0.217. The maximum Gasteiger partial charge on any atom is 0.345 e. The lowest BCUT2D eigenvalue weighted by Gasteiger charge is -2.21. The predicted molar refractivity (Wildman–Crippen MR) is 114 cm³/mol. The van der Waals surface area contributed by atoms with Gasteiger partial charge in [-0.25, -0.2) is 4.79 Å². The van der Waals surface area contributed by atoms with Gasteiger partial charge < -0.3 is 18.6 Å². The number of anilines is 1. The van der Waals surface area contributed by atoms with Gasteiger partial charge in [-0.05, 0) is 49.7 Å². The Balaban J connectivity index is 1.93. The normalized spacial score (nSPS) is 11.2. The first-order valence-electron chi connectivity index (χ1n) is 9.44. The Kier molecular flexibility index (Phi) is 4.62. The summed E-state index contributed by atoms with van der Waals surface area (Å²) in [6.07, 6.45) is 0. The van der Waals surface area contributed by atoms with Crippen LogP contribution in [0.25, 0.3) is 21.9 Å². The van der Waals surface area contributed by atoms with E-state index < -0.39 is 5.63 Å². The van der Waals surface area contributed by atoms with Crippen LogP contribution < -0.4 is 15.3 Å². The lowest BCUT2D eigenvalue weighted by atomic mass is 10.2. The van der Waals surface area contributed by atoms with Crippen molar-refractivity contribution in [1.82, 2.24) is 4.57 Å². The number of rotatable bonds is 4. The number of aryl methyl sites for hydroxylation is 2. The molecule has 2 heterocycles. The highest BCUT2D eigenvalue weighted by Gasteiger charge is 2.24. The monoisotopic (exact) mass is 390 g/mol. The molecule has 0 atom stereocenters. The second-order valence-electron chi connectivity index (χ2n) is 6.96. The summed E-state index contributed by atoms with van der Waals surface area (Å²) in [6.45, 7) is 4.45. The van der Waals surface area contributed by atoms with Gasteiger partial charge in [-0.3, -0.25) is 4.79 Å². The Morgan fingerprint density at radius 1 is 1.14 bits per heavy atom. The molecule has 0 aliphatic heterocycles. The summed E-state index contributed by atoms with van der Waals surface area (Å²) in [5.74, 6) is 0.381. The lowest BCUT2D eigenvalue weighted by Crippen LogP contribution is -2.28. The molecule has 0 radical (unpaired) electrons. The third-order valence-electron chi connectivity index (χ3n) is 5.20. The van der Waals surface area contributed by atoms with Crippen LogP contribution in [-0.4, -0.2) is 24.6 Å². The maximum atomic E-state index is 13.4. The zero-order valence-corrected chi connectivity index (χ0v) is 16.9. The summed E-state index contributed by atoms with van der Waals surface area (Å²) in [5, 5.41) is 1.21. The number of carbonyl (C=O) groups is 1. The van der Waals surface area contributed by atoms with Gasteiger partial charge >= 0.3 is 5.63 Å². The smallest absolute Gasteiger partial charge is 0.345 e. The highest BCUT2D eigenvalue weighted by molar-refractivity contribution is 6.11. The van der Waals surface area contributed by atoms with Gasteiger partial charge in [0.15, 0.2) is 0 Å². The largest absolute Gasteiger partial charge is 0.495 e. The van der Waals surface area contributed by atoms with E-state index >= 15 is 0 Å². The number of aromatic nitrogens is 1. The minimum Gasteiger partial charge on any atom is -0.495 e. The molecule has 29 heavy (non-hydrogen) atoms. The zero-order valence-electron chi connectivity index (χ0n) is 16.9. The SMILES string of the molecule is CCn1c(C(=O)N(C)c2cc(C)ccc2OC)cc2c(=O)oc3ccccc3c21. The summed E-state index contributed by atoms with van der Waals surface area (Å²) in [4.78, 5) is 27.5. The fourth-order valence-electron chi connectivity index (χ4n) is 3.75. The molecule has 0 aliphatic carbocycles. The number of nitrogens with zero attached hydrogens (tertiary/aromatic N) is 2. The molecule has 6 nitrogen and oxygen atoms in total. The number of carbonyl (C=O) groups excluding carboxylic acids is 1. The van der Waals surface area contributed by atoms with E-state index in [1.807, 2.05) is 54.8 Å². The lowest BCUT2D eigenvalue weighted by molar-refractivity contribution is 0.0984. The first-order valence-corrected chi connectivity index (χ1v) is 9.44. The van der Waals surface area contributed by atoms with Crippen LogP contribution in [0.15, 0.2) is 57.7 Å². The van der Waals surface area contributed by atoms with Crippen LogP contribution in [0.2, 0.25) is 0 Å². The molecule has 0 fully saturated rings. The van der Waals surface area contributed by atoms with Crippen molar-refractivity contribution in [2.24, 2.45) is 0 Å². The Bertz CT molecular complexity index is 1300. The first kappa shape index (κ1) is 18.8. The molecule has 4 rings (SSSR count). The van der Waals surface area contributed by atoms with E-state index in [0.29, 0.717) is 40.2 Å². The van der Waals surface area contributed by atoms with E-state index in [1.54, 1.807) is 31.2 Å². The molecule has 6 heteroatoms. The molecular formula is C23H22N2O4. The standard InChI is InChI=1S/C23H22N2O4/c1-5-25-18(22(26)24(3)17-12-14(2)10-11-20(17)28-4)13-16-21(25)15-8-6-7-9-19(15)29-23(16)27/h6-13H,5H2,1-4H3. The van der Waals surface area contributed by atoms with Crippen LogP contribution in [0, 0.1) is 6.92 Å². The van der Waals surface area contributed by atoms with Crippen LogP contribution in [0.4, 0.5) is 5.69 Å². The molecule has 0 unspecified atom stereocenters. The summed E-state index contributed by atoms with van der Waals surface area (Å²) >= 11 is 0. The highest BCUT2D eigenvalue weighted by Crippen LogP contribution is 2.31. The molecule has 148 valence electrons. The van der Waals surface area contributed by atoms with Crippen molar-refractivity contribution in [3.8, 4) is 5.75 Å². The fourth-order valence-corrected chi connectivity index (χ4v) is 3.75. The van der Waals surface area contributed by atoms with Crippen LogP contribution >= 0.6 is 0 Å². The van der Waals surface area contributed by atoms with Gasteiger partial charge in [-0.2, -0.15) is 0 Å². The predicted octanol–water partition coefficient (Wildman–Crippen LogP) is 4.36. The van der Waals surface area contributed by atoms with Gasteiger partial charge in [-0.1, -0.05) is 18.2 Å². The van der Waals surface area contributed by atoms with E-state index in [1.165, 1.54) is 0 Å². The molecule has 0 saturated carbocycles. The molecule has 2 aromatic carbocycles. The molecule has 0 spiro atoms. The van der Waals surface area contributed by atoms with Crippen LogP contribution in [-0.2, 0) is 6.54 Å². The molecule has 0 saturated heterocycles. The van der Waals surface area contributed by atoms with E-state index in [-0.39, 0.29) is 5.91 Å². The van der Waals surface area contributed by atoms with Gasteiger partial charge in [0, 0.05) is 19.0 Å². The number of benzene rings is 2. The molecule has 0 N–H and O–H groups in total. The number of hydrogen-bond acceptors (Lipinski definition) is 4. The summed E-state index contributed by atoms with van der Waals surface area (Å²) in [5.41, 5.74) is 2.89. The summed E-state index contributed by atoms with van der Waals surface area (Å²) in [6, 6.07) is 14.7. The molecular weight excluding hydrogens is 368 g/mol. The van der Waals surface area contributed by atoms with E-state index in [9.17, 15) is 9.59 Å². The molecule has 1 amide bonds. The summed E-state index contributed by atoms with van der Waals surface area (Å²) in [7, 11) is 3.28. The average Bonchev–Trinajstić information content (AvgIpc) is 3.13. The molecule has 0 bridgehead atoms. The minimum absolute atomic E-state index is 0.226. The van der Waals surface area contributed by atoms with E-state index in [4.69, 9.17) is 9.15 Å². The van der Waals surface area contributed by atoms with Crippen molar-refractivity contribution in [3.63, 3.8) is 0 Å².